The van der Waals surface area contributed by atoms with Crippen molar-refractivity contribution >= 4 is 0 Å². The number of aliphatic hydroxyl groups is 1. The zero-order valence-corrected chi connectivity index (χ0v) is 14.3. The topological polar surface area (TPSA) is 35.9 Å². The van der Waals surface area contributed by atoms with Crippen LogP contribution in [0.5, 0.6) is 5.75 Å². The van der Waals surface area contributed by atoms with Crippen LogP contribution >= 0.6 is 0 Å². The van der Waals surface area contributed by atoms with Crippen molar-refractivity contribution < 1.29 is 9.84 Å². The molecule has 0 radical (unpaired) electrons. The second kappa shape index (κ2) is 8.13. The summed E-state index contributed by atoms with van der Waals surface area (Å²) in [5.41, 5.74) is 1.34. The van der Waals surface area contributed by atoms with Gasteiger partial charge in [0.2, 0.25) is 0 Å². The van der Waals surface area contributed by atoms with E-state index in [4.69, 9.17) is 4.74 Å². The minimum atomic E-state index is 0.274. The Labute approximate surface area is 140 Å². The van der Waals surface area contributed by atoms with E-state index in [9.17, 15) is 5.11 Å². The maximum absolute atomic E-state index is 9.20. The van der Waals surface area contributed by atoms with Crippen molar-refractivity contribution in [2.24, 2.45) is 0 Å². The quantitative estimate of drug-likeness (QED) is 0.874. The molecule has 3 rings (SSSR count). The average Bonchev–Trinajstić information content (AvgIpc) is 3.06. The molecule has 23 heavy (non-hydrogen) atoms. The fraction of sp³-hybridized carbons (Fsp3) is 0.684. The summed E-state index contributed by atoms with van der Waals surface area (Å²) in [5.74, 6) is 1.01. The molecule has 128 valence electrons. The third kappa shape index (κ3) is 4.69. The zero-order valence-electron chi connectivity index (χ0n) is 14.3. The molecule has 1 saturated heterocycles. The van der Waals surface area contributed by atoms with Crippen molar-refractivity contribution in [2.75, 3.05) is 33.3 Å². The highest BCUT2D eigenvalue weighted by Gasteiger charge is 2.23. The first-order valence-electron chi connectivity index (χ1n) is 9.03. The summed E-state index contributed by atoms with van der Waals surface area (Å²) in [6, 6.07) is 9.11. The largest absolute Gasteiger partial charge is 0.490 e. The molecule has 2 aliphatic rings. The van der Waals surface area contributed by atoms with Gasteiger partial charge in [-0.2, -0.15) is 0 Å². The van der Waals surface area contributed by atoms with Crippen molar-refractivity contribution in [1.29, 1.82) is 0 Å². The highest BCUT2D eigenvalue weighted by atomic mass is 16.5. The van der Waals surface area contributed by atoms with Gasteiger partial charge in [0.05, 0.1) is 6.10 Å². The van der Waals surface area contributed by atoms with E-state index in [0.717, 1.165) is 38.3 Å². The number of likely N-dealkylation sites (N-methyl/N-ethyl adjacent to an activating group) is 1. The van der Waals surface area contributed by atoms with E-state index < -0.39 is 0 Å². The molecule has 1 saturated carbocycles. The fourth-order valence-electron chi connectivity index (χ4n) is 3.75. The van der Waals surface area contributed by atoms with Crippen LogP contribution in [0.15, 0.2) is 24.3 Å². The molecule has 1 aliphatic carbocycles. The Bertz CT molecular complexity index is 471. The van der Waals surface area contributed by atoms with E-state index in [1.165, 1.54) is 31.2 Å². The molecule has 0 spiro atoms. The van der Waals surface area contributed by atoms with Crippen LogP contribution in [0.2, 0.25) is 0 Å². The molecule has 4 nitrogen and oxygen atoms in total. The Kier molecular flexibility index (Phi) is 5.92. The number of rotatable bonds is 6. The van der Waals surface area contributed by atoms with Crippen LogP contribution < -0.4 is 4.74 Å². The lowest BCUT2D eigenvalue weighted by molar-refractivity contribution is 0.0743. The number of piperazine rings is 1. The molecular formula is C19H30N2O2. The van der Waals surface area contributed by atoms with Crippen LogP contribution in [0.1, 0.15) is 37.7 Å². The van der Waals surface area contributed by atoms with Gasteiger partial charge in [0.15, 0.2) is 0 Å². The second-order valence-corrected chi connectivity index (χ2v) is 7.05. The van der Waals surface area contributed by atoms with Gasteiger partial charge in [0, 0.05) is 38.8 Å². The monoisotopic (exact) mass is 318 g/mol. The summed E-state index contributed by atoms with van der Waals surface area (Å²) < 4.78 is 6.04. The number of aliphatic hydroxyl groups excluding tert-OH is 1. The third-order valence-corrected chi connectivity index (χ3v) is 5.26. The van der Waals surface area contributed by atoms with Crippen molar-refractivity contribution in [3.63, 3.8) is 0 Å². The Morgan fingerprint density at radius 2 is 1.87 bits per heavy atom. The molecule has 0 aromatic heterocycles. The average molecular weight is 318 g/mol. The van der Waals surface area contributed by atoms with Crippen LogP contribution in [0, 0.1) is 0 Å². The van der Waals surface area contributed by atoms with E-state index in [0.29, 0.717) is 12.1 Å². The van der Waals surface area contributed by atoms with Gasteiger partial charge in [-0.15, -0.1) is 0 Å². The summed E-state index contributed by atoms with van der Waals surface area (Å²) >= 11 is 0. The number of hydrogen-bond acceptors (Lipinski definition) is 4. The second-order valence-electron chi connectivity index (χ2n) is 7.05. The third-order valence-electron chi connectivity index (χ3n) is 5.26. The van der Waals surface area contributed by atoms with Gasteiger partial charge in [-0.05, 0) is 56.8 Å². The molecule has 1 aromatic carbocycles. The summed E-state index contributed by atoms with van der Waals surface area (Å²) in [6.07, 6.45) is 6.31. The van der Waals surface area contributed by atoms with E-state index >= 15 is 0 Å². The predicted molar refractivity (Wildman–Crippen MR) is 92.7 cm³/mol. The molecule has 4 heteroatoms. The lowest BCUT2D eigenvalue weighted by Gasteiger charge is -2.39. The molecule has 1 aromatic rings. The number of hydrogen-bond donors (Lipinski definition) is 1. The summed E-state index contributed by atoms with van der Waals surface area (Å²) in [4.78, 5) is 4.86. The first-order chi connectivity index (χ1) is 11.2. The fourth-order valence-corrected chi connectivity index (χ4v) is 3.75. The molecule has 1 N–H and O–H groups in total. The number of benzene rings is 1. The van der Waals surface area contributed by atoms with Gasteiger partial charge < -0.3 is 14.7 Å². The smallest absolute Gasteiger partial charge is 0.119 e. The number of ether oxygens (including phenoxy) is 1. The van der Waals surface area contributed by atoms with Gasteiger partial charge in [-0.1, -0.05) is 12.1 Å². The van der Waals surface area contributed by atoms with Crippen molar-refractivity contribution in [3.8, 4) is 5.75 Å². The van der Waals surface area contributed by atoms with Crippen LogP contribution in [0.4, 0.5) is 0 Å². The maximum Gasteiger partial charge on any atom is 0.119 e. The van der Waals surface area contributed by atoms with Crippen LogP contribution in [-0.2, 0) is 6.54 Å². The Balaban J connectivity index is 1.51. The minimum Gasteiger partial charge on any atom is -0.490 e. The van der Waals surface area contributed by atoms with Crippen LogP contribution in [0.3, 0.4) is 0 Å². The summed E-state index contributed by atoms with van der Waals surface area (Å²) in [5, 5.41) is 9.20. The van der Waals surface area contributed by atoms with Crippen LogP contribution in [0.25, 0.3) is 0 Å². The van der Waals surface area contributed by atoms with Crippen molar-refractivity contribution in [3.05, 3.63) is 29.8 Å². The molecule has 0 amide bonds. The standard InChI is InChI=1S/C19H30N2O2/c1-20-11-12-21(15-17(20)10-13-22)14-16-6-8-19(9-7-16)23-18-4-2-3-5-18/h6-9,17-18,22H,2-5,10-15H2,1H3. The van der Waals surface area contributed by atoms with Crippen LogP contribution in [-0.4, -0.2) is 60.3 Å². The normalized spacial score (nSPS) is 24.2. The molecule has 2 fully saturated rings. The molecule has 1 aliphatic heterocycles. The first-order valence-corrected chi connectivity index (χ1v) is 9.03. The Hall–Kier alpha value is -1.10. The molecule has 1 unspecified atom stereocenters. The Morgan fingerprint density at radius 1 is 1.13 bits per heavy atom. The first kappa shape index (κ1) is 16.7. The molecular weight excluding hydrogens is 288 g/mol. The summed E-state index contributed by atoms with van der Waals surface area (Å²) in [6.45, 7) is 4.47. The molecule has 1 atom stereocenters. The lowest BCUT2D eigenvalue weighted by Crippen LogP contribution is -2.51. The lowest BCUT2D eigenvalue weighted by atomic mass is 10.1. The van der Waals surface area contributed by atoms with Gasteiger partial charge in [0.25, 0.3) is 0 Å². The van der Waals surface area contributed by atoms with Gasteiger partial charge in [-0.25, -0.2) is 0 Å². The van der Waals surface area contributed by atoms with Crippen molar-refractivity contribution in [1.82, 2.24) is 9.80 Å². The van der Waals surface area contributed by atoms with Gasteiger partial charge >= 0.3 is 0 Å². The SMILES string of the molecule is CN1CCN(Cc2ccc(OC3CCCC3)cc2)CC1CCO. The molecule has 0 bridgehead atoms. The highest BCUT2D eigenvalue weighted by molar-refractivity contribution is 5.27. The Morgan fingerprint density at radius 3 is 2.57 bits per heavy atom. The van der Waals surface area contributed by atoms with Gasteiger partial charge in [-0.3, -0.25) is 4.90 Å². The van der Waals surface area contributed by atoms with Gasteiger partial charge in [0.1, 0.15) is 5.75 Å². The van der Waals surface area contributed by atoms with E-state index in [-0.39, 0.29) is 6.61 Å². The number of nitrogens with zero attached hydrogens (tertiary/aromatic N) is 2. The minimum absolute atomic E-state index is 0.274. The zero-order chi connectivity index (χ0) is 16.1. The highest BCUT2D eigenvalue weighted by Crippen LogP contribution is 2.24. The van der Waals surface area contributed by atoms with Crippen molar-refractivity contribution in [2.45, 2.75) is 50.8 Å². The van der Waals surface area contributed by atoms with E-state index in [1.807, 2.05) is 0 Å². The van der Waals surface area contributed by atoms with E-state index in [1.54, 1.807) is 0 Å². The maximum atomic E-state index is 9.20. The van der Waals surface area contributed by atoms with E-state index in [2.05, 4.69) is 41.1 Å². The molecule has 1 heterocycles. The predicted octanol–water partition coefficient (Wildman–Crippen LogP) is 2.51. The summed E-state index contributed by atoms with van der Waals surface area (Å²) in [7, 11) is 2.16.